The normalized spacial score (nSPS) is 11.0. The average Bonchev–Trinajstić information content (AvgIpc) is 2.53. The highest BCUT2D eigenvalue weighted by molar-refractivity contribution is 7.68. The Morgan fingerprint density at radius 2 is 1.10 bits per heavy atom. The summed E-state index contributed by atoms with van der Waals surface area (Å²) in [5.74, 6) is 0. The molecule has 20 heavy (non-hydrogen) atoms. The van der Waals surface area contributed by atoms with E-state index in [9.17, 15) is 0 Å². The third-order valence-electron chi connectivity index (χ3n) is 3.42. The van der Waals surface area contributed by atoms with Crippen LogP contribution in [0.1, 0.15) is 31.9 Å². The van der Waals surface area contributed by atoms with Gasteiger partial charge < -0.3 is 4.52 Å². The molecule has 1 nitrogen and oxygen atoms in total. The summed E-state index contributed by atoms with van der Waals surface area (Å²) < 4.78 is 6.03. The van der Waals surface area contributed by atoms with Crippen molar-refractivity contribution >= 4 is 18.8 Å². The van der Waals surface area contributed by atoms with Crippen LogP contribution in [-0.2, 0) is 17.4 Å². The van der Waals surface area contributed by atoms with Gasteiger partial charge in [-0.25, -0.2) is 0 Å². The molecule has 0 radical (unpaired) electrons. The molecule has 0 aliphatic carbocycles. The van der Waals surface area contributed by atoms with Crippen LogP contribution in [-0.4, -0.2) is 6.61 Å². The topological polar surface area (TPSA) is 9.23 Å². The standard InChI is InChI=1S/C18H23OP/c1-4-15-7-11-17(12-8-15)20(19-6-3)18-13-9-16(5-2)10-14-18/h7-14H,4-6H2,1-3H3. The van der Waals surface area contributed by atoms with Crippen LogP contribution in [0.3, 0.4) is 0 Å². The molecule has 0 aliphatic rings. The molecular formula is C18H23OP. The van der Waals surface area contributed by atoms with Gasteiger partial charge in [-0.3, -0.25) is 0 Å². The van der Waals surface area contributed by atoms with Gasteiger partial charge in [-0.05, 0) is 30.9 Å². The monoisotopic (exact) mass is 286 g/mol. The summed E-state index contributed by atoms with van der Waals surface area (Å²) in [6, 6.07) is 17.7. The van der Waals surface area contributed by atoms with E-state index >= 15 is 0 Å². The maximum atomic E-state index is 6.03. The van der Waals surface area contributed by atoms with Gasteiger partial charge in [0.2, 0.25) is 0 Å². The number of rotatable bonds is 6. The molecule has 0 N–H and O–H groups in total. The minimum atomic E-state index is -0.686. The largest absolute Gasteiger partial charge is 0.350 e. The molecule has 0 aliphatic heterocycles. The predicted octanol–water partition coefficient (Wildman–Crippen LogP) is 4.20. The van der Waals surface area contributed by atoms with E-state index in [2.05, 4.69) is 69.3 Å². The fraction of sp³-hybridized carbons (Fsp3) is 0.333. The van der Waals surface area contributed by atoms with Gasteiger partial charge in [0.05, 0.1) is 8.15 Å². The predicted molar refractivity (Wildman–Crippen MR) is 89.5 cm³/mol. The summed E-state index contributed by atoms with van der Waals surface area (Å²) in [4.78, 5) is 0. The second kappa shape index (κ2) is 7.57. The van der Waals surface area contributed by atoms with Gasteiger partial charge in [0.1, 0.15) is 0 Å². The average molecular weight is 286 g/mol. The number of hydrogen-bond acceptors (Lipinski definition) is 1. The Kier molecular flexibility index (Phi) is 5.76. The fourth-order valence-electron chi connectivity index (χ4n) is 2.16. The third kappa shape index (κ3) is 3.69. The Morgan fingerprint density at radius 3 is 1.40 bits per heavy atom. The molecule has 0 spiro atoms. The second-order valence-electron chi connectivity index (χ2n) is 4.75. The molecule has 0 heterocycles. The first-order valence-electron chi connectivity index (χ1n) is 7.39. The summed E-state index contributed by atoms with van der Waals surface area (Å²) in [5, 5.41) is 2.59. The van der Waals surface area contributed by atoms with Crippen molar-refractivity contribution in [2.45, 2.75) is 33.6 Å². The van der Waals surface area contributed by atoms with E-state index in [1.807, 2.05) is 0 Å². The molecule has 2 heteroatoms. The fourth-order valence-corrected chi connectivity index (χ4v) is 3.86. The Hall–Kier alpha value is -1.17. The van der Waals surface area contributed by atoms with E-state index in [4.69, 9.17) is 4.52 Å². The summed E-state index contributed by atoms with van der Waals surface area (Å²) in [5.41, 5.74) is 2.75. The van der Waals surface area contributed by atoms with Gasteiger partial charge in [0.15, 0.2) is 0 Å². The van der Waals surface area contributed by atoms with Gasteiger partial charge in [0.25, 0.3) is 0 Å². The molecule has 2 rings (SSSR count). The molecule has 0 saturated carbocycles. The van der Waals surface area contributed by atoms with E-state index in [0.717, 1.165) is 19.4 Å². The van der Waals surface area contributed by atoms with E-state index in [1.54, 1.807) is 0 Å². The van der Waals surface area contributed by atoms with Crippen molar-refractivity contribution in [3.63, 3.8) is 0 Å². The first-order valence-corrected chi connectivity index (χ1v) is 8.65. The van der Waals surface area contributed by atoms with Gasteiger partial charge >= 0.3 is 0 Å². The van der Waals surface area contributed by atoms with E-state index < -0.39 is 8.15 Å². The lowest BCUT2D eigenvalue weighted by molar-refractivity contribution is 0.388. The van der Waals surface area contributed by atoms with Crippen LogP contribution in [0.15, 0.2) is 48.5 Å². The Labute approximate surface area is 123 Å². The molecule has 2 aromatic carbocycles. The molecule has 0 atom stereocenters. The Bertz CT molecular complexity index is 469. The molecular weight excluding hydrogens is 263 g/mol. The lowest BCUT2D eigenvalue weighted by atomic mass is 10.2. The lowest BCUT2D eigenvalue weighted by Gasteiger charge is -2.18. The first-order chi connectivity index (χ1) is 9.78. The van der Waals surface area contributed by atoms with Gasteiger partial charge in [-0.1, -0.05) is 62.4 Å². The second-order valence-corrected chi connectivity index (χ2v) is 6.63. The van der Waals surface area contributed by atoms with Crippen molar-refractivity contribution in [3.8, 4) is 0 Å². The van der Waals surface area contributed by atoms with Crippen LogP contribution in [0.4, 0.5) is 0 Å². The zero-order valence-corrected chi connectivity index (χ0v) is 13.5. The molecule has 0 amide bonds. The number of hydrogen-bond donors (Lipinski definition) is 0. The SMILES string of the molecule is CCOP(c1ccc(CC)cc1)c1ccc(CC)cc1. The first kappa shape index (κ1) is 15.2. The summed E-state index contributed by atoms with van der Waals surface area (Å²) in [6.45, 7) is 7.18. The molecule has 0 saturated heterocycles. The van der Waals surface area contributed by atoms with Crippen LogP contribution in [0.25, 0.3) is 0 Å². The zero-order valence-electron chi connectivity index (χ0n) is 12.6. The Morgan fingerprint density at radius 1 is 0.700 bits per heavy atom. The van der Waals surface area contributed by atoms with E-state index in [-0.39, 0.29) is 0 Å². The van der Waals surface area contributed by atoms with Crippen molar-refractivity contribution in [3.05, 3.63) is 59.7 Å². The van der Waals surface area contributed by atoms with E-state index in [0.29, 0.717) is 0 Å². The van der Waals surface area contributed by atoms with Crippen molar-refractivity contribution in [1.82, 2.24) is 0 Å². The minimum Gasteiger partial charge on any atom is -0.350 e. The smallest absolute Gasteiger partial charge is 0.0917 e. The number of aryl methyl sites for hydroxylation is 2. The highest BCUT2D eigenvalue weighted by atomic mass is 31.1. The van der Waals surface area contributed by atoms with Crippen LogP contribution in [0.2, 0.25) is 0 Å². The maximum Gasteiger partial charge on any atom is 0.0917 e. The third-order valence-corrected chi connectivity index (χ3v) is 5.47. The van der Waals surface area contributed by atoms with Gasteiger partial charge in [-0.2, -0.15) is 0 Å². The van der Waals surface area contributed by atoms with Crippen LogP contribution >= 0.6 is 8.15 Å². The minimum absolute atomic E-state index is 0.686. The van der Waals surface area contributed by atoms with Gasteiger partial charge in [0, 0.05) is 17.2 Å². The highest BCUT2D eigenvalue weighted by Crippen LogP contribution is 2.34. The lowest BCUT2D eigenvalue weighted by Crippen LogP contribution is -2.14. The zero-order chi connectivity index (χ0) is 14.4. The van der Waals surface area contributed by atoms with Crippen molar-refractivity contribution in [2.24, 2.45) is 0 Å². The molecule has 0 fully saturated rings. The molecule has 2 aromatic rings. The highest BCUT2D eigenvalue weighted by Gasteiger charge is 2.14. The molecule has 106 valence electrons. The summed E-state index contributed by atoms with van der Waals surface area (Å²) >= 11 is 0. The molecule has 0 bridgehead atoms. The number of benzene rings is 2. The quantitative estimate of drug-likeness (QED) is 0.723. The Balaban J connectivity index is 2.28. The maximum absolute atomic E-state index is 6.03. The van der Waals surface area contributed by atoms with Crippen LogP contribution in [0, 0.1) is 0 Å². The van der Waals surface area contributed by atoms with Crippen molar-refractivity contribution in [2.75, 3.05) is 6.61 Å². The summed E-state index contributed by atoms with van der Waals surface area (Å²) in [7, 11) is -0.686. The van der Waals surface area contributed by atoms with Crippen molar-refractivity contribution < 1.29 is 4.52 Å². The van der Waals surface area contributed by atoms with Crippen LogP contribution < -0.4 is 10.6 Å². The molecule has 0 aromatic heterocycles. The summed E-state index contributed by atoms with van der Waals surface area (Å²) in [6.07, 6.45) is 2.16. The van der Waals surface area contributed by atoms with Crippen molar-refractivity contribution in [1.29, 1.82) is 0 Å². The van der Waals surface area contributed by atoms with Gasteiger partial charge in [-0.15, -0.1) is 0 Å². The van der Waals surface area contributed by atoms with E-state index in [1.165, 1.54) is 21.7 Å². The van der Waals surface area contributed by atoms with Crippen LogP contribution in [0.5, 0.6) is 0 Å². The molecule has 0 unspecified atom stereocenters.